The van der Waals surface area contributed by atoms with E-state index in [4.69, 9.17) is 55.9 Å². The van der Waals surface area contributed by atoms with Gasteiger partial charge in [-0.3, -0.25) is 20.4 Å². The van der Waals surface area contributed by atoms with Gasteiger partial charge in [0.1, 0.15) is 11.5 Å². The summed E-state index contributed by atoms with van der Waals surface area (Å²) in [4.78, 5) is 24.2. The summed E-state index contributed by atoms with van der Waals surface area (Å²) in [5.41, 5.74) is 4.51. The lowest BCUT2D eigenvalue weighted by molar-refractivity contribution is -0.135. The second-order valence-electron chi connectivity index (χ2n) is 5.65. The highest BCUT2D eigenvalue weighted by molar-refractivity contribution is 6.36. The van der Waals surface area contributed by atoms with Crippen LogP contribution in [0.4, 0.5) is 0 Å². The molecule has 2 atom stereocenters. The number of hydrogen-bond acceptors (Lipinski definition) is 4. The fourth-order valence-corrected chi connectivity index (χ4v) is 2.86. The molecule has 0 radical (unpaired) electrons. The fraction of sp³-hybridized carbons (Fsp3) is 0.222. The molecule has 0 fully saturated rings. The van der Waals surface area contributed by atoms with E-state index >= 15 is 0 Å². The van der Waals surface area contributed by atoms with Gasteiger partial charge in [0, 0.05) is 10.0 Å². The van der Waals surface area contributed by atoms with E-state index in [1.54, 1.807) is 24.3 Å². The van der Waals surface area contributed by atoms with Crippen molar-refractivity contribution in [1.82, 2.24) is 10.9 Å². The minimum Gasteiger partial charge on any atom is -0.479 e. The Morgan fingerprint density at radius 3 is 1.43 bits per heavy atom. The summed E-state index contributed by atoms with van der Waals surface area (Å²) >= 11 is 23.6. The Kier molecular flexibility index (Phi) is 8.07. The summed E-state index contributed by atoms with van der Waals surface area (Å²) in [6.07, 6.45) is -1.86. The van der Waals surface area contributed by atoms with Gasteiger partial charge < -0.3 is 9.47 Å². The molecule has 0 bridgehead atoms. The van der Waals surface area contributed by atoms with Crippen molar-refractivity contribution in [2.45, 2.75) is 26.1 Å². The zero-order valence-electron chi connectivity index (χ0n) is 14.8. The maximum Gasteiger partial charge on any atom is 0.279 e. The molecule has 0 spiro atoms. The Balaban J connectivity index is 1.85. The van der Waals surface area contributed by atoms with Crippen LogP contribution < -0.4 is 20.3 Å². The first kappa shape index (κ1) is 22.4. The quantitative estimate of drug-likeness (QED) is 0.607. The lowest BCUT2D eigenvalue weighted by Gasteiger charge is -2.18. The first-order valence-electron chi connectivity index (χ1n) is 8.00. The van der Waals surface area contributed by atoms with E-state index in [9.17, 15) is 9.59 Å². The van der Waals surface area contributed by atoms with Crippen molar-refractivity contribution in [3.63, 3.8) is 0 Å². The van der Waals surface area contributed by atoms with Gasteiger partial charge in [-0.1, -0.05) is 46.4 Å². The van der Waals surface area contributed by atoms with Crippen LogP contribution in [0.25, 0.3) is 0 Å². The molecule has 2 N–H and O–H groups in total. The van der Waals surface area contributed by atoms with Crippen molar-refractivity contribution in [3.05, 3.63) is 56.5 Å². The maximum absolute atomic E-state index is 12.1. The summed E-state index contributed by atoms with van der Waals surface area (Å²) in [5, 5.41) is 1.41. The SMILES string of the molecule is CC(Oc1ccc(Cl)cc1Cl)C(=O)NNC(=O)C(C)Oc1ccc(Cl)cc1Cl. The average molecular weight is 466 g/mol. The van der Waals surface area contributed by atoms with Crippen molar-refractivity contribution < 1.29 is 19.1 Å². The van der Waals surface area contributed by atoms with Gasteiger partial charge >= 0.3 is 0 Å². The first-order valence-corrected chi connectivity index (χ1v) is 9.51. The average Bonchev–Trinajstić information content (AvgIpc) is 2.63. The number of rotatable bonds is 6. The first-order chi connectivity index (χ1) is 13.2. The number of benzene rings is 2. The fourth-order valence-electron chi connectivity index (χ4n) is 1.96. The lowest BCUT2D eigenvalue weighted by Crippen LogP contribution is -2.50. The number of carbonyl (C=O) groups excluding carboxylic acids is 2. The molecular formula is C18H16Cl4N2O4. The Morgan fingerprint density at radius 2 is 1.11 bits per heavy atom. The Bertz CT molecular complexity index is 807. The number of amides is 2. The number of ether oxygens (including phenoxy) is 2. The number of hydrazine groups is 1. The molecule has 2 aromatic carbocycles. The third-order valence-corrected chi connectivity index (χ3v) is 4.50. The number of carbonyl (C=O) groups is 2. The summed E-state index contributed by atoms with van der Waals surface area (Å²) in [6, 6.07) is 9.22. The van der Waals surface area contributed by atoms with E-state index in [-0.39, 0.29) is 21.5 Å². The Morgan fingerprint density at radius 1 is 0.750 bits per heavy atom. The van der Waals surface area contributed by atoms with E-state index in [2.05, 4.69) is 10.9 Å². The highest BCUT2D eigenvalue weighted by Gasteiger charge is 2.20. The largest absolute Gasteiger partial charge is 0.479 e. The Hall–Kier alpha value is -1.86. The van der Waals surface area contributed by atoms with Gasteiger partial charge in [-0.05, 0) is 50.2 Å². The highest BCUT2D eigenvalue weighted by atomic mass is 35.5. The van der Waals surface area contributed by atoms with Gasteiger partial charge in [-0.2, -0.15) is 0 Å². The van der Waals surface area contributed by atoms with Crippen molar-refractivity contribution in [3.8, 4) is 11.5 Å². The molecule has 0 heterocycles. The van der Waals surface area contributed by atoms with Crippen LogP contribution in [0.15, 0.2) is 36.4 Å². The normalized spacial score (nSPS) is 12.6. The van der Waals surface area contributed by atoms with Crippen LogP contribution in [0.3, 0.4) is 0 Å². The van der Waals surface area contributed by atoms with E-state index in [0.29, 0.717) is 10.0 Å². The van der Waals surface area contributed by atoms with Crippen LogP contribution in [-0.4, -0.2) is 24.0 Å². The van der Waals surface area contributed by atoms with Gasteiger partial charge in [-0.25, -0.2) is 0 Å². The molecule has 28 heavy (non-hydrogen) atoms. The molecule has 0 aromatic heterocycles. The van der Waals surface area contributed by atoms with E-state index in [0.717, 1.165) is 0 Å². The summed E-state index contributed by atoms with van der Waals surface area (Å²) in [6.45, 7) is 3.00. The van der Waals surface area contributed by atoms with Crippen LogP contribution in [-0.2, 0) is 9.59 Å². The third-order valence-electron chi connectivity index (χ3n) is 3.44. The molecule has 2 aromatic rings. The van der Waals surface area contributed by atoms with Crippen LogP contribution in [0.2, 0.25) is 20.1 Å². The van der Waals surface area contributed by atoms with Crippen LogP contribution >= 0.6 is 46.4 Å². The molecule has 2 rings (SSSR count). The van der Waals surface area contributed by atoms with Crippen molar-refractivity contribution in [2.24, 2.45) is 0 Å². The Labute approximate surface area is 182 Å². The van der Waals surface area contributed by atoms with Crippen molar-refractivity contribution in [2.75, 3.05) is 0 Å². The molecule has 6 nitrogen and oxygen atoms in total. The second kappa shape index (κ2) is 10.1. The van der Waals surface area contributed by atoms with Crippen LogP contribution in [0.1, 0.15) is 13.8 Å². The number of hydrogen-bond donors (Lipinski definition) is 2. The predicted molar refractivity (Wildman–Crippen MR) is 109 cm³/mol. The molecule has 2 unspecified atom stereocenters. The highest BCUT2D eigenvalue weighted by Crippen LogP contribution is 2.29. The van der Waals surface area contributed by atoms with E-state index in [1.165, 1.54) is 26.0 Å². The van der Waals surface area contributed by atoms with Crippen molar-refractivity contribution >= 4 is 58.2 Å². The van der Waals surface area contributed by atoms with Gasteiger partial charge in [0.2, 0.25) is 0 Å². The van der Waals surface area contributed by atoms with E-state index < -0.39 is 24.0 Å². The standard InChI is InChI=1S/C18H16Cl4N2O4/c1-9(27-15-5-3-11(19)7-13(15)21)17(25)23-24-18(26)10(2)28-16-6-4-12(20)8-14(16)22/h3-10H,1-2H3,(H,23,25)(H,24,26). The maximum atomic E-state index is 12.1. The number of nitrogens with one attached hydrogen (secondary N) is 2. The topological polar surface area (TPSA) is 76.7 Å². The zero-order valence-corrected chi connectivity index (χ0v) is 17.8. The lowest BCUT2D eigenvalue weighted by atomic mass is 10.3. The molecule has 0 aliphatic heterocycles. The minimum atomic E-state index is -0.930. The van der Waals surface area contributed by atoms with Crippen LogP contribution in [0.5, 0.6) is 11.5 Å². The summed E-state index contributed by atoms with van der Waals surface area (Å²) in [7, 11) is 0. The third kappa shape index (κ3) is 6.34. The smallest absolute Gasteiger partial charge is 0.279 e. The summed E-state index contributed by atoms with van der Waals surface area (Å²) in [5.74, 6) is -0.601. The van der Waals surface area contributed by atoms with Gasteiger partial charge in [0.05, 0.1) is 10.0 Å². The molecule has 10 heteroatoms. The molecular weight excluding hydrogens is 450 g/mol. The monoisotopic (exact) mass is 464 g/mol. The molecule has 0 saturated heterocycles. The van der Waals surface area contributed by atoms with Gasteiger partial charge in [-0.15, -0.1) is 0 Å². The van der Waals surface area contributed by atoms with Crippen LogP contribution in [0, 0.1) is 0 Å². The number of halogens is 4. The minimum absolute atomic E-state index is 0.262. The predicted octanol–water partition coefficient (Wildman–Crippen LogP) is 4.68. The molecule has 150 valence electrons. The van der Waals surface area contributed by atoms with E-state index in [1.807, 2.05) is 0 Å². The summed E-state index contributed by atoms with van der Waals surface area (Å²) < 4.78 is 10.9. The zero-order chi connectivity index (χ0) is 20.8. The van der Waals surface area contributed by atoms with Gasteiger partial charge in [0.25, 0.3) is 11.8 Å². The van der Waals surface area contributed by atoms with Crippen molar-refractivity contribution in [1.29, 1.82) is 0 Å². The molecule has 2 amide bonds. The molecule has 0 aliphatic carbocycles. The second-order valence-corrected chi connectivity index (χ2v) is 7.34. The molecule has 0 saturated carbocycles. The molecule has 0 aliphatic rings. The van der Waals surface area contributed by atoms with Gasteiger partial charge in [0.15, 0.2) is 12.2 Å².